The van der Waals surface area contributed by atoms with Crippen molar-refractivity contribution in [1.82, 2.24) is 0 Å². The van der Waals surface area contributed by atoms with Crippen LogP contribution in [0.15, 0.2) is 22.6 Å². The zero-order valence-electron chi connectivity index (χ0n) is 10.3. The zero-order valence-corrected chi connectivity index (χ0v) is 11.8. The molecule has 4 nitrogen and oxygen atoms in total. The summed E-state index contributed by atoms with van der Waals surface area (Å²) in [5.74, 6) is 0.513. The van der Waals surface area contributed by atoms with E-state index < -0.39 is 5.91 Å². The molecule has 0 aliphatic rings. The molecule has 0 atom stereocenters. The number of phenolic OH excluding ortho intramolecular Hbond substituents is 1. The highest BCUT2D eigenvalue weighted by molar-refractivity contribution is 6.36. The monoisotopic (exact) mass is 299 g/mol. The van der Waals surface area contributed by atoms with E-state index in [9.17, 15) is 9.90 Å². The molecule has 0 spiro atoms. The van der Waals surface area contributed by atoms with Crippen LogP contribution in [0.4, 0.5) is 5.69 Å². The summed E-state index contributed by atoms with van der Waals surface area (Å²) in [4.78, 5) is 12.1. The summed E-state index contributed by atoms with van der Waals surface area (Å²) in [6.07, 6.45) is 0. The van der Waals surface area contributed by atoms with Crippen molar-refractivity contribution in [2.24, 2.45) is 0 Å². The average Bonchev–Trinajstić information content (AvgIpc) is 2.64. The Morgan fingerprint density at radius 1 is 1.26 bits per heavy atom. The van der Waals surface area contributed by atoms with E-state index in [0.29, 0.717) is 22.1 Å². The van der Waals surface area contributed by atoms with Crippen LogP contribution < -0.4 is 5.32 Å². The number of phenols is 1. The van der Waals surface area contributed by atoms with Crippen molar-refractivity contribution in [2.75, 3.05) is 5.32 Å². The summed E-state index contributed by atoms with van der Waals surface area (Å²) in [7, 11) is 0. The Morgan fingerprint density at radius 2 is 1.95 bits per heavy atom. The maximum Gasteiger partial charge on any atom is 0.259 e. The lowest BCUT2D eigenvalue weighted by Gasteiger charge is -2.08. The maximum absolute atomic E-state index is 12.1. The highest BCUT2D eigenvalue weighted by atomic mass is 35.5. The Kier molecular flexibility index (Phi) is 3.73. The van der Waals surface area contributed by atoms with Crippen molar-refractivity contribution in [3.63, 3.8) is 0 Å². The molecule has 100 valence electrons. The molecule has 1 aromatic carbocycles. The van der Waals surface area contributed by atoms with Gasteiger partial charge in [0, 0.05) is 5.02 Å². The zero-order chi connectivity index (χ0) is 14.2. The molecule has 2 N–H and O–H groups in total. The van der Waals surface area contributed by atoms with E-state index in [1.54, 1.807) is 19.9 Å². The second-order valence-corrected chi connectivity index (χ2v) is 4.91. The lowest BCUT2D eigenvalue weighted by Crippen LogP contribution is -2.12. The third-order valence-corrected chi connectivity index (χ3v) is 3.07. The van der Waals surface area contributed by atoms with E-state index >= 15 is 0 Å². The lowest BCUT2D eigenvalue weighted by molar-refractivity contribution is 0.102. The first kappa shape index (κ1) is 13.8. The van der Waals surface area contributed by atoms with Crippen molar-refractivity contribution in [3.05, 3.63) is 45.3 Å². The molecule has 0 aliphatic heterocycles. The van der Waals surface area contributed by atoms with Crippen LogP contribution in [0, 0.1) is 13.8 Å². The number of rotatable bonds is 2. The van der Waals surface area contributed by atoms with Gasteiger partial charge in [-0.3, -0.25) is 4.79 Å². The van der Waals surface area contributed by atoms with E-state index in [1.165, 1.54) is 12.1 Å². The summed E-state index contributed by atoms with van der Waals surface area (Å²) in [5, 5.41) is 12.7. The number of hydrogen-bond donors (Lipinski definition) is 2. The maximum atomic E-state index is 12.1. The minimum Gasteiger partial charge on any atom is -0.504 e. The average molecular weight is 300 g/mol. The van der Waals surface area contributed by atoms with Gasteiger partial charge in [-0.15, -0.1) is 0 Å². The SMILES string of the molecule is Cc1cc(C(=O)Nc2cc(Cl)cc(Cl)c2O)c(C)o1. The Labute approximate surface area is 119 Å². The van der Waals surface area contributed by atoms with Gasteiger partial charge in [0.25, 0.3) is 5.91 Å². The van der Waals surface area contributed by atoms with Gasteiger partial charge in [0.05, 0.1) is 16.3 Å². The molecule has 0 fully saturated rings. The van der Waals surface area contributed by atoms with Crippen molar-refractivity contribution < 1.29 is 14.3 Å². The third kappa shape index (κ3) is 2.85. The molecule has 0 radical (unpaired) electrons. The molecule has 2 aromatic rings. The molecular formula is C13H11Cl2NO3. The topological polar surface area (TPSA) is 62.5 Å². The molecule has 0 saturated heterocycles. The molecule has 1 amide bonds. The minimum atomic E-state index is -0.400. The number of hydrogen-bond acceptors (Lipinski definition) is 3. The lowest BCUT2D eigenvalue weighted by atomic mass is 10.2. The number of anilines is 1. The number of benzene rings is 1. The minimum absolute atomic E-state index is 0.0721. The number of nitrogens with one attached hydrogen (secondary N) is 1. The van der Waals surface area contributed by atoms with Gasteiger partial charge in [-0.2, -0.15) is 0 Å². The smallest absolute Gasteiger partial charge is 0.259 e. The first-order valence-corrected chi connectivity index (χ1v) is 6.20. The number of carbonyl (C=O) groups excluding carboxylic acids is 1. The largest absolute Gasteiger partial charge is 0.504 e. The summed E-state index contributed by atoms with van der Waals surface area (Å²) >= 11 is 11.6. The fourth-order valence-corrected chi connectivity index (χ4v) is 2.20. The Balaban J connectivity index is 2.31. The van der Waals surface area contributed by atoms with Crippen LogP contribution >= 0.6 is 23.2 Å². The first-order chi connectivity index (χ1) is 8.88. The highest BCUT2D eigenvalue weighted by Gasteiger charge is 2.16. The summed E-state index contributed by atoms with van der Waals surface area (Å²) < 4.78 is 5.28. The number of carbonyl (C=O) groups is 1. The van der Waals surface area contributed by atoms with E-state index in [2.05, 4.69) is 5.32 Å². The highest BCUT2D eigenvalue weighted by Crippen LogP contribution is 2.35. The molecule has 0 aliphatic carbocycles. The van der Waals surface area contributed by atoms with Gasteiger partial charge in [-0.25, -0.2) is 0 Å². The Bertz CT molecular complexity index is 650. The molecule has 2 rings (SSSR count). The predicted octanol–water partition coefficient (Wildman–Crippen LogP) is 4.16. The molecule has 0 bridgehead atoms. The van der Waals surface area contributed by atoms with Crippen molar-refractivity contribution in [3.8, 4) is 5.75 Å². The van der Waals surface area contributed by atoms with Crippen LogP contribution in [0.3, 0.4) is 0 Å². The van der Waals surface area contributed by atoms with Gasteiger partial charge in [0.15, 0.2) is 5.75 Å². The van der Waals surface area contributed by atoms with E-state index in [1.807, 2.05) is 0 Å². The van der Waals surface area contributed by atoms with Gasteiger partial charge in [-0.1, -0.05) is 23.2 Å². The number of aromatic hydroxyl groups is 1. The molecule has 1 heterocycles. The van der Waals surface area contributed by atoms with Crippen molar-refractivity contribution >= 4 is 34.8 Å². The molecular weight excluding hydrogens is 289 g/mol. The predicted molar refractivity (Wildman–Crippen MR) is 74.3 cm³/mol. The fraction of sp³-hybridized carbons (Fsp3) is 0.154. The van der Waals surface area contributed by atoms with Crippen molar-refractivity contribution in [2.45, 2.75) is 13.8 Å². The number of furan rings is 1. The Hall–Kier alpha value is -1.65. The standard InChI is InChI=1S/C13H11Cl2NO3/c1-6-3-9(7(2)19-6)13(18)16-11-5-8(14)4-10(15)12(11)17/h3-5,17H,1-2H3,(H,16,18). The van der Waals surface area contributed by atoms with Gasteiger partial charge in [-0.05, 0) is 32.0 Å². The second kappa shape index (κ2) is 5.15. The van der Waals surface area contributed by atoms with Crippen molar-refractivity contribution in [1.29, 1.82) is 0 Å². The van der Waals surface area contributed by atoms with Crippen LogP contribution in [0.5, 0.6) is 5.75 Å². The van der Waals surface area contributed by atoms with Gasteiger partial charge in [0.1, 0.15) is 11.5 Å². The van der Waals surface area contributed by atoms with Crippen LogP contribution in [0.2, 0.25) is 10.0 Å². The third-order valence-electron chi connectivity index (χ3n) is 2.56. The first-order valence-electron chi connectivity index (χ1n) is 5.45. The summed E-state index contributed by atoms with van der Waals surface area (Å²) in [6, 6.07) is 4.43. The Morgan fingerprint density at radius 3 is 2.53 bits per heavy atom. The van der Waals surface area contributed by atoms with Crippen LogP contribution in [0.1, 0.15) is 21.9 Å². The van der Waals surface area contributed by atoms with E-state index in [-0.39, 0.29) is 16.5 Å². The fourth-order valence-electron chi connectivity index (χ4n) is 1.71. The van der Waals surface area contributed by atoms with Crippen LogP contribution in [-0.4, -0.2) is 11.0 Å². The summed E-state index contributed by atoms with van der Waals surface area (Å²) in [5.41, 5.74) is 0.550. The summed E-state index contributed by atoms with van der Waals surface area (Å²) in [6.45, 7) is 3.43. The quantitative estimate of drug-likeness (QED) is 0.818. The second-order valence-electron chi connectivity index (χ2n) is 4.06. The molecule has 0 unspecified atom stereocenters. The molecule has 1 aromatic heterocycles. The normalized spacial score (nSPS) is 10.5. The molecule has 0 saturated carbocycles. The number of amides is 1. The van der Waals surface area contributed by atoms with E-state index in [0.717, 1.165) is 0 Å². The van der Waals surface area contributed by atoms with Crippen LogP contribution in [-0.2, 0) is 0 Å². The number of aryl methyl sites for hydroxylation is 2. The van der Waals surface area contributed by atoms with E-state index in [4.69, 9.17) is 27.6 Å². The van der Waals surface area contributed by atoms with Gasteiger partial charge < -0.3 is 14.8 Å². The molecule has 6 heteroatoms. The van der Waals surface area contributed by atoms with Gasteiger partial charge in [0.2, 0.25) is 0 Å². The van der Waals surface area contributed by atoms with Crippen LogP contribution in [0.25, 0.3) is 0 Å². The number of halogens is 2. The molecule has 19 heavy (non-hydrogen) atoms. The van der Waals surface area contributed by atoms with Gasteiger partial charge >= 0.3 is 0 Å².